The fraction of sp³-hybridized carbons (Fsp3) is 0.125. The third kappa shape index (κ3) is 4.16. The van der Waals surface area contributed by atoms with Gasteiger partial charge in [-0.25, -0.2) is 9.18 Å². The standard InChI is InChI=1S/C16H13FN2O3S/c1-10(19(22)16(18)21)2-7-13-8-9-14(23-13)15(20)11-3-5-12(17)6-4-11/h3-6,8-10,22H,1H3,(H2,18,21). The minimum absolute atomic E-state index is 0.225. The molecular formula is C16H13FN2O3S. The number of primary amides is 1. The first-order valence-corrected chi connectivity index (χ1v) is 7.39. The monoisotopic (exact) mass is 332 g/mol. The smallest absolute Gasteiger partial charge is 0.339 e. The summed E-state index contributed by atoms with van der Waals surface area (Å²) in [5.41, 5.74) is 5.31. The summed E-state index contributed by atoms with van der Waals surface area (Å²) in [6.45, 7) is 1.51. The molecule has 1 aromatic heterocycles. The van der Waals surface area contributed by atoms with Crippen LogP contribution in [0.25, 0.3) is 0 Å². The number of benzene rings is 1. The predicted octanol–water partition coefficient (Wildman–Crippen LogP) is 2.63. The summed E-state index contributed by atoms with van der Waals surface area (Å²) in [4.78, 5) is 24.1. The summed E-state index contributed by atoms with van der Waals surface area (Å²) in [7, 11) is 0. The molecular weight excluding hydrogens is 319 g/mol. The highest BCUT2D eigenvalue weighted by atomic mass is 32.1. The first kappa shape index (κ1) is 16.7. The molecule has 3 N–H and O–H groups in total. The zero-order valence-electron chi connectivity index (χ0n) is 12.1. The van der Waals surface area contributed by atoms with Crippen molar-refractivity contribution in [1.82, 2.24) is 5.06 Å². The van der Waals surface area contributed by atoms with Crippen LogP contribution in [0.1, 0.15) is 27.0 Å². The number of nitrogens with two attached hydrogens (primary N) is 1. The quantitative estimate of drug-likeness (QED) is 0.392. The highest BCUT2D eigenvalue weighted by Crippen LogP contribution is 2.19. The Kier molecular flexibility index (Phi) is 5.11. The molecule has 5 nitrogen and oxygen atoms in total. The molecule has 2 amide bonds. The SMILES string of the molecule is CC(C#Cc1ccc(C(=O)c2ccc(F)cc2)s1)N(O)C(N)=O. The lowest BCUT2D eigenvalue weighted by molar-refractivity contribution is -0.0536. The van der Waals surface area contributed by atoms with E-state index in [1.165, 1.54) is 42.5 Å². The van der Waals surface area contributed by atoms with Gasteiger partial charge in [-0.3, -0.25) is 10.0 Å². The van der Waals surface area contributed by atoms with Gasteiger partial charge in [-0.1, -0.05) is 11.8 Å². The van der Waals surface area contributed by atoms with Gasteiger partial charge < -0.3 is 5.73 Å². The van der Waals surface area contributed by atoms with E-state index in [4.69, 9.17) is 5.73 Å². The van der Waals surface area contributed by atoms with E-state index >= 15 is 0 Å². The van der Waals surface area contributed by atoms with Crippen molar-refractivity contribution in [3.05, 3.63) is 57.5 Å². The molecule has 1 heterocycles. The summed E-state index contributed by atoms with van der Waals surface area (Å²) in [6.07, 6.45) is 0. The number of ketones is 1. The number of urea groups is 1. The fourth-order valence-electron chi connectivity index (χ4n) is 1.70. The Morgan fingerprint density at radius 3 is 2.52 bits per heavy atom. The van der Waals surface area contributed by atoms with Crippen LogP contribution < -0.4 is 5.73 Å². The van der Waals surface area contributed by atoms with E-state index in [1.54, 1.807) is 12.1 Å². The Morgan fingerprint density at radius 2 is 1.91 bits per heavy atom. The van der Waals surface area contributed by atoms with E-state index in [2.05, 4.69) is 11.8 Å². The Bertz CT molecular complexity index is 790. The van der Waals surface area contributed by atoms with Crippen molar-refractivity contribution < 1.29 is 19.2 Å². The van der Waals surface area contributed by atoms with Crippen LogP contribution in [0.2, 0.25) is 0 Å². The van der Waals surface area contributed by atoms with E-state index < -0.39 is 17.9 Å². The maximum absolute atomic E-state index is 12.9. The maximum atomic E-state index is 12.9. The van der Waals surface area contributed by atoms with Crippen molar-refractivity contribution in [1.29, 1.82) is 0 Å². The molecule has 0 spiro atoms. The number of carbonyl (C=O) groups is 2. The lowest BCUT2D eigenvalue weighted by Gasteiger charge is -2.14. The van der Waals surface area contributed by atoms with Crippen molar-refractivity contribution >= 4 is 23.2 Å². The Balaban J connectivity index is 2.14. The average molecular weight is 332 g/mol. The van der Waals surface area contributed by atoms with Gasteiger partial charge in [-0.2, -0.15) is 5.06 Å². The lowest BCUT2D eigenvalue weighted by atomic mass is 10.1. The highest BCUT2D eigenvalue weighted by molar-refractivity contribution is 7.14. The van der Waals surface area contributed by atoms with Gasteiger partial charge >= 0.3 is 6.03 Å². The van der Waals surface area contributed by atoms with Crippen LogP contribution in [0.15, 0.2) is 36.4 Å². The average Bonchev–Trinajstić information content (AvgIpc) is 3.00. The number of hydrogen-bond acceptors (Lipinski definition) is 4. The molecule has 0 radical (unpaired) electrons. The Hall–Kier alpha value is -2.69. The first-order valence-electron chi connectivity index (χ1n) is 6.57. The van der Waals surface area contributed by atoms with E-state index in [0.717, 1.165) is 0 Å². The number of hydrogen-bond donors (Lipinski definition) is 2. The summed E-state index contributed by atoms with van der Waals surface area (Å²) in [5.74, 6) is 4.79. The molecule has 1 aromatic carbocycles. The second-order valence-corrected chi connectivity index (χ2v) is 5.71. The summed E-state index contributed by atoms with van der Waals surface area (Å²) in [5, 5.41) is 9.64. The zero-order valence-corrected chi connectivity index (χ0v) is 12.9. The summed E-state index contributed by atoms with van der Waals surface area (Å²) in [6, 6.07) is 6.80. The molecule has 0 aliphatic heterocycles. The second-order valence-electron chi connectivity index (χ2n) is 4.63. The molecule has 1 unspecified atom stereocenters. The molecule has 23 heavy (non-hydrogen) atoms. The number of thiophene rings is 1. The largest absolute Gasteiger partial charge is 0.350 e. The molecule has 0 saturated carbocycles. The fourth-order valence-corrected chi connectivity index (χ4v) is 2.53. The zero-order chi connectivity index (χ0) is 17.0. The Labute approximate surface area is 136 Å². The van der Waals surface area contributed by atoms with Crippen LogP contribution in [0, 0.1) is 17.7 Å². The van der Waals surface area contributed by atoms with E-state index in [9.17, 15) is 19.2 Å². The van der Waals surface area contributed by atoms with Crippen LogP contribution >= 0.6 is 11.3 Å². The van der Waals surface area contributed by atoms with Crippen LogP contribution in [-0.4, -0.2) is 28.1 Å². The van der Waals surface area contributed by atoms with E-state index in [0.29, 0.717) is 20.4 Å². The van der Waals surface area contributed by atoms with Gasteiger partial charge in [0.2, 0.25) is 5.78 Å². The van der Waals surface area contributed by atoms with Crippen molar-refractivity contribution in [2.75, 3.05) is 0 Å². The van der Waals surface area contributed by atoms with Crippen LogP contribution in [0.4, 0.5) is 9.18 Å². The molecule has 0 saturated heterocycles. The normalized spacial score (nSPS) is 11.3. The predicted molar refractivity (Wildman–Crippen MR) is 83.7 cm³/mol. The molecule has 7 heteroatoms. The highest BCUT2D eigenvalue weighted by Gasteiger charge is 2.13. The van der Waals surface area contributed by atoms with Crippen LogP contribution in [0.3, 0.4) is 0 Å². The van der Waals surface area contributed by atoms with Gasteiger partial charge in [-0.15, -0.1) is 11.3 Å². The van der Waals surface area contributed by atoms with Crippen LogP contribution in [0.5, 0.6) is 0 Å². The van der Waals surface area contributed by atoms with E-state index in [-0.39, 0.29) is 5.78 Å². The molecule has 1 atom stereocenters. The molecule has 0 aliphatic carbocycles. The number of hydroxylamine groups is 2. The summed E-state index contributed by atoms with van der Waals surface area (Å²) >= 11 is 1.17. The van der Waals surface area contributed by atoms with Gasteiger partial charge in [0.1, 0.15) is 11.9 Å². The first-order chi connectivity index (χ1) is 10.9. The number of rotatable bonds is 3. The molecule has 2 rings (SSSR count). The molecule has 2 aromatic rings. The minimum Gasteiger partial charge on any atom is -0.350 e. The van der Waals surface area contributed by atoms with Gasteiger partial charge in [-0.05, 0) is 43.3 Å². The number of amides is 2. The van der Waals surface area contributed by atoms with Crippen molar-refractivity contribution in [3.63, 3.8) is 0 Å². The minimum atomic E-state index is -0.995. The summed E-state index contributed by atoms with van der Waals surface area (Å²) < 4.78 is 12.9. The number of halogens is 1. The maximum Gasteiger partial charge on any atom is 0.339 e. The number of carbonyl (C=O) groups excluding carboxylic acids is 2. The topological polar surface area (TPSA) is 83.6 Å². The van der Waals surface area contributed by atoms with Gasteiger partial charge in [0, 0.05) is 5.56 Å². The molecule has 0 bridgehead atoms. The molecule has 0 aliphatic rings. The van der Waals surface area contributed by atoms with Gasteiger partial charge in [0.15, 0.2) is 0 Å². The van der Waals surface area contributed by atoms with Crippen molar-refractivity contribution in [2.24, 2.45) is 5.73 Å². The number of nitrogens with zero attached hydrogens (tertiary/aromatic N) is 1. The molecule has 118 valence electrons. The van der Waals surface area contributed by atoms with Gasteiger partial charge in [0.05, 0.1) is 9.75 Å². The second kappa shape index (κ2) is 7.05. The van der Waals surface area contributed by atoms with Crippen molar-refractivity contribution in [3.8, 4) is 11.8 Å². The Morgan fingerprint density at radius 1 is 1.26 bits per heavy atom. The third-order valence-corrected chi connectivity index (χ3v) is 3.93. The van der Waals surface area contributed by atoms with Gasteiger partial charge in [0.25, 0.3) is 0 Å². The lowest BCUT2D eigenvalue weighted by Crippen LogP contribution is -2.38. The van der Waals surface area contributed by atoms with Crippen molar-refractivity contribution in [2.45, 2.75) is 13.0 Å². The van der Waals surface area contributed by atoms with Crippen LogP contribution in [-0.2, 0) is 0 Å². The third-order valence-electron chi connectivity index (χ3n) is 2.93. The molecule has 0 fully saturated rings. The van der Waals surface area contributed by atoms with E-state index in [1.807, 2.05) is 0 Å².